The summed E-state index contributed by atoms with van der Waals surface area (Å²) in [5, 5.41) is 4.43. The summed E-state index contributed by atoms with van der Waals surface area (Å²) in [4.78, 5) is 12.3. The Morgan fingerprint density at radius 2 is 1.44 bits per heavy atom. The second-order valence-corrected chi connectivity index (χ2v) is 6.76. The van der Waals surface area contributed by atoms with Gasteiger partial charge in [-0.3, -0.25) is 4.79 Å². The highest BCUT2D eigenvalue weighted by atomic mass is 16.5. The highest BCUT2D eigenvalue weighted by Gasteiger charge is 2.07. The number of nitrogens with one attached hydrogen (secondary N) is 1. The number of carbonyl (C=O) groups is 1. The summed E-state index contributed by atoms with van der Waals surface area (Å²) < 4.78 is 5.40. The van der Waals surface area contributed by atoms with Crippen molar-refractivity contribution in [3.05, 3.63) is 29.8 Å². The molecule has 1 amide bonds. The molecule has 0 aliphatic heterocycles. The van der Waals surface area contributed by atoms with Crippen molar-refractivity contribution in [2.75, 3.05) is 6.61 Å². The molecule has 0 spiro atoms. The Bertz CT molecular complexity index is 523. The summed E-state index contributed by atoms with van der Waals surface area (Å²) in [7, 11) is 0. The predicted molar refractivity (Wildman–Crippen MR) is 103 cm³/mol. The largest absolute Gasteiger partial charge is 0.494 e. The van der Waals surface area contributed by atoms with E-state index in [1.807, 2.05) is 19.1 Å². The van der Waals surface area contributed by atoms with Crippen LogP contribution in [0.4, 0.5) is 0 Å². The van der Waals surface area contributed by atoms with Crippen LogP contribution in [0.3, 0.4) is 0 Å². The Hall–Kier alpha value is -1.84. The summed E-state index contributed by atoms with van der Waals surface area (Å²) in [5.41, 5.74) is 4.49. The lowest BCUT2D eigenvalue weighted by Crippen LogP contribution is -2.19. The molecule has 0 atom stereocenters. The SMILES string of the molecule is CCOc1ccc(C(=O)NN=C2CCCCCCCCCCC2)cc1. The molecular weight excluding hydrogens is 312 g/mol. The van der Waals surface area contributed by atoms with Crippen LogP contribution in [0, 0.1) is 0 Å². The van der Waals surface area contributed by atoms with Crippen molar-refractivity contribution >= 4 is 11.6 Å². The third-order valence-electron chi connectivity index (χ3n) is 4.67. The van der Waals surface area contributed by atoms with Crippen LogP contribution in [0.1, 0.15) is 87.9 Å². The average Bonchev–Trinajstić information content (AvgIpc) is 2.62. The minimum absolute atomic E-state index is 0.151. The molecule has 0 saturated heterocycles. The van der Waals surface area contributed by atoms with Crippen LogP contribution in [-0.4, -0.2) is 18.2 Å². The Kier molecular flexibility index (Phi) is 9.09. The van der Waals surface area contributed by atoms with Crippen LogP contribution in [0.2, 0.25) is 0 Å². The molecule has 0 unspecified atom stereocenters. The van der Waals surface area contributed by atoms with E-state index < -0.39 is 0 Å². The van der Waals surface area contributed by atoms with Crippen molar-refractivity contribution in [3.63, 3.8) is 0 Å². The van der Waals surface area contributed by atoms with Crippen LogP contribution >= 0.6 is 0 Å². The quantitative estimate of drug-likeness (QED) is 0.736. The zero-order valence-electron chi connectivity index (χ0n) is 15.6. The lowest BCUT2D eigenvalue weighted by molar-refractivity contribution is 0.0954. The molecule has 4 heteroatoms. The zero-order chi connectivity index (χ0) is 17.7. The first-order valence-corrected chi connectivity index (χ1v) is 9.88. The first kappa shape index (κ1) is 19.5. The van der Waals surface area contributed by atoms with Gasteiger partial charge in [-0.2, -0.15) is 5.10 Å². The van der Waals surface area contributed by atoms with Crippen LogP contribution in [0.25, 0.3) is 0 Å². The smallest absolute Gasteiger partial charge is 0.271 e. The van der Waals surface area contributed by atoms with Gasteiger partial charge in [0.05, 0.1) is 6.61 Å². The molecule has 0 heterocycles. The van der Waals surface area contributed by atoms with Gasteiger partial charge in [-0.15, -0.1) is 0 Å². The first-order chi connectivity index (χ1) is 12.3. The second kappa shape index (κ2) is 11.7. The predicted octanol–water partition coefficient (Wildman–Crippen LogP) is 5.48. The average molecular weight is 344 g/mol. The topological polar surface area (TPSA) is 50.7 Å². The van der Waals surface area contributed by atoms with E-state index in [0.29, 0.717) is 12.2 Å². The van der Waals surface area contributed by atoms with Crippen molar-refractivity contribution < 1.29 is 9.53 Å². The van der Waals surface area contributed by atoms with E-state index in [-0.39, 0.29) is 5.91 Å². The summed E-state index contributed by atoms with van der Waals surface area (Å²) in [6, 6.07) is 7.20. The molecule has 1 aliphatic rings. The maximum Gasteiger partial charge on any atom is 0.271 e. The number of carbonyl (C=O) groups excluding carboxylic acids is 1. The fraction of sp³-hybridized carbons (Fsp3) is 0.619. The summed E-state index contributed by atoms with van der Waals surface area (Å²) in [5.74, 6) is 0.631. The number of ether oxygens (including phenoxy) is 1. The van der Waals surface area contributed by atoms with Gasteiger partial charge in [0.1, 0.15) is 5.75 Å². The lowest BCUT2D eigenvalue weighted by atomic mass is 10.00. The van der Waals surface area contributed by atoms with Crippen molar-refractivity contribution in [1.29, 1.82) is 0 Å². The van der Waals surface area contributed by atoms with Crippen LogP contribution in [0.5, 0.6) is 5.75 Å². The normalized spacial score (nSPS) is 17.1. The number of amides is 1. The van der Waals surface area contributed by atoms with Crippen molar-refractivity contribution in [2.24, 2.45) is 5.10 Å². The number of benzene rings is 1. The number of nitrogens with zero attached hydrogens (tertiary/aromatic N) is 1. The molecule has 0 bridgehead atoms. The van der Waals surface area contributed by atoms with Gasteiger partial charge in [0.2, 0.25) is 0 Å². The Balaban J connectivity index is 1.88. The molecule has 1 aromatic carbocycles. The maximum absolute atomic E-state index is 12.3. The van der Waals surface area contributed by atoms with E-state index in [2.05, 4.69) is 10.5 Å². The molecule has 0 radical (unpaired) electrons. The maximum atomic E-state index is 12.3. The molecule has 0 aromatic heterocycles. The number of hydrogen-bond donors (Lipinski definition) is 1. The van der Waals surface area contributed by atoms with Gasteiger partial charge in [0, 0.05) is 11.3 Å². The van der Waals surface area contributed by atoms with Gasteiger partial charge in [0.25, 0.3) is 5.91 Å². The molecule has 1 fully saturated rings. The number of rotatable bonds is 4. The van der Waals surface area contributed by atoms with Gasteiger partial charge in [0.15, 0.2) is 0 Å². The van der Waals surface area contributed by atoms with E-state index in [0.717, 1.165) is 24.3 Å². The van der Waals surface area contributed by atoms with Crippen molar-refractivity contribution in [1.82, 2.24) is 5.43 Å². The summed E-state index contributed by atoms with van der Waals surface area (Å²) in [6.07, 6.45) is 13.7. The van der Waals surface area contributed by atoms with Gasteiger partial charge in [-0.05, 0) is 56.9 Å². The summed E-state index contributed by atoms with van der Waals surface area (Å²) >= 11 is 0. The van der Waals surface area contributed by atoms with Crippen molar-refractivity contribution in [2.45, 2.75) is 77.6 Å². The molecular formula is C21H32N2O2. The molecule has 138 valence electrons. The first-order valence-electron chi connectivity index (χ1n) is 9.88. The minimum atomic E-state index is -0.151. The van der Waals surface area contributed by atoms with Crippen LogP contribution < -0.4 is 10.2 Å². The van der Waals surface area contributed by atoms with Crippen molar-refractivity contribution in [3.8, 4) is 5.75 Å². The number of hydrazone groups is 1. The minimum Gasteiger partial charge on any atom is -0.494 e. The third kappa shape index (κ3) is 7.72. The van der Waals surface area contributed by atoms with E-state index in [4.69, 9.17) is 4.74 Å². The Labute approximate surface area is 152 Å². The highest BCUT2D eigenvalue weighted by molar-refractivity contribution is 5.95. The molecule has 1 saturated carbocycles. The van der Waals surface area contributed by atoms with E-state index in [9.17, 15) is 4.79 Å². The fourth-order valence-electron chi connectivity index (χ4n) is 3.20. The molecule has 4 nitrogen and oxygen atoms in total. The zero-order valence-corrected chi connectivity index (χ0v) is 15.6. The molecule has 1 aliphatic carbocycles. The lowest BCUT2D eigenvalue weighted by Gasteiger charge is -2.10. The van der Waals surface area contributed by atoms with E-state index in [1.54, 1.807) is 12.1 Å². The van der Waals surface area contributed by atoms with Crippen LogP contribution in [-0.2, 0) is 0 Å². The van der Waals surface area contributed by atoms with E-state index >= 15 is 0 Å². The van der Waals surface area contributed by atoms with Gasteiger partial charge < -0.3 is 4.74 Å². The van der Waals surface area contributed by atoms with Gasteiger partial charge >= 0.3 is 0 Å². The molecule has 25 heavy (non-hydrogen) atoms. The molecule has 1 N–H and O–H groups in total. The molecule has 1 aromatic rings. The second-order valence-electron chi connectivity index (χ2n) is 6.76. The summed E-state index contributed by atoms with van der Waals surface area (Å²) in [6.45, 7) is 2.57. The molecule has 2 rings (SSSR count). The third-order valence-corrected chi connectivity index (χ3v) is 4.67. The van der Waals surface area contributed by atoms with Gasteiger partial charge in [-0.25, -0.2) is 5.43 Å². The van der Waals surface area contributed by atoms with E-state index in [1.165, 1.54) is 57.8 Å². The Morgan fingerprint density at radius 1 is 0.920 bits per heavy atom. The monoisotopic (exact) mass is 344 g/mol. The highest BCUT2D eigenvalue weighted by Crippen LogP contribution is 2.16. The van der Waals surface area contributed by atoms with Gasteiger partial charge in [-0.1, -0.05) is 44.9 Å². The Morgan fingerprint density at radius 3 is 1.96 bits per heavy atom. The fourth-order valence-corrected chi connectivity index (χ4v) is 3.20. The standard InChI is InChI=1S/C21H32N2O2/c1-2-25-20-16-14-18(15-17-20)21(24)23-22-19-12-10-8-6-4-3-5-7-9-11-13-19/h14-17H,2-13H2,1H3,(H,23,24). The number of hydrogen-bond acceptors (Lipinski definition) is 3. The van der Waals surface area contributed by atoms with Crippen LogP contribution in [0.15, 0.2) is 29.4 Å².